The second-order valence-electron chi connectivity index (χ2n) is 5.82. The summed E-state index contributed by atoms with van der Waals surface area (Å²) in [4.78, 5) is 11.2. The minimum Gasteiger partial charge on any atom is -0.344 e. The van der Waals surface area contributed by atoms with E-state index < -0.39 is 0 Å². The summed E-state index contributed by atoms with van der Waals surface area (Å²) in [6.45, 7) is 0. The number of aryl methyl sites for hydroxylation is 3. The van der Waals surface area contributed by atoms with Crippen LogP contribution in [0.4, 0.5) is 5.69 Å². The lowest BCUT2D eigenvalue weighted by molar-refractivity contribution is -0.383. The van der Waals surface area contributed by atoms with Crippen molar-refractivity contribution in [3.63, 3.8) is 0 Å². The van der Waals surface area contributed by atoms with Crippen molar-refractivity contribution < 1.29 is 4.92 Å². The fourth-order valence-corrected chi connectivity index (χ4v) is 3.81. The van der Waals surface area contributed by atoms with E-state index in [2.05, 4.69) is 6.07 Å². The van der Waals surface area contributed by atoms with Gasteiger partial charge in [-0.2, -0.15) is 0 Å². The highest BCUT2D eigenvalue weighted by Gasteiger charge is 2.25. The van der Waals surface area contributed by atoms with Gasteiger partial charge in [0, 0.05) is 7.05 Å². The minimum absolute atomic E-state index is 0.220. The lowest BCUT2D eigenvalue weighted by atomic mass is 9.85. The molecule has 3 aromatic rings. The van der Waals surface area contributed by atoms with Crippen LogP contribution in [0.1, 0.15) is 24.0 Å². The van der Waals surface area contributed by atoms with Crippen molar-refractivity contribution >= 4 is 27.4 Å². The van der Waals surface area contributed by atoms with E-state index in [1.807, 2.05) is 29.8 Å². The van der Waals surface area contributed by atoms with Crippen molar-refractivity contribution in [3.8, 4) is 0 Å². The van der Waals surface area contributed by atoms with Crippen LogP contribution in [0.5, 0.6) is 0 Å². The monoisotopic (exact) mass is 280 g/mol. The van der Waals surface area contributed by atoms with Gasteiger partial charge in [0.2, 0.25) is 0 Å². The van der Waals surface area contributed by atoms with E-state index in [0.717, 1.165) is 29.1 Å². The van der Waals surface area contributed by atoms with Crippen LogP contribution in [0.2, 0.25) is 0 Å². The second kappa shape index (κ2) is 4.32. The van der Waals surface area contributed by atoms with E-state index in [4.69, 9.17) is 0 Å². The Kier molecular flexibility index (Phi) is 2.55. The van der Waals surface area contributed by atoms with Crippen LogP contribution >= 0.6 is 0 Å². The fourth-order valence-electron chi connectivity index (χ4n) is 3.81. The molecule has 106 valence electrons. The molecule has 0 bridgehead atoms. The smallest absolute Gasteiger partial charge is 0.295 e. The average molecular weight is 280 g/mol. The van der Waals surface area contributed by atoms with Gasteiger partial charge in [0.15, 0.2) is 0 Å². The van der Waals surface area contributed by atoms with Gasteiger partial charge >= 0.3 is 0 Å². The first-order chi connectivity index (χ1) is 10.2. The Bertz CT molecular complexity index is 893. The van der Waals surface area contributed by atoms with Crippen LogP contribution in [-0.2, 0) is 19.9 Å². The van der Waals surface area contributed by atoms with E-state index in [-0.39, 0.29) is 10.6 Å². The molecule has 21 heavy (non-hydrogen) atoms. The number of nitrogens with zero attached hydrogens (tertiary/aromatic N) is 2. The van der Waals surface area contributed by atoms with Crippen LogP contribution in [0.15, 0.2) is 30.5 Å². The predicted molar refractivity (Wildman–Crippen MR) is 83.7 cm³/mol. The number of nitro groups is 1. The summed E-state index contributed by atoms with van der Waals surface area (Å²) < 4.78 is 1.93. The molecule has 1 aliphatic rings. The molecule has 0 N–H and O–H groups in total. The molecule has 1 aromatic heterocycles. The Hall–Kier alpha value is -2.36. The normalized spacial score (nSPS) is 14.5. The maximum atomic E-state index is 11.4. The van der Waals surface area contributed by atoms with E-state index in [1.165, 1.54) is 29.4 Å². The molecule has 0 amide bonds. The molecule has 1 heterocycles. The SMILES string of the molecule is Cn1cc([N+](=O)[O-])c2c3ccccc3c3c(c21)CCCC3. The lowest BCUT2D eigenvalue weighted by Crippen LogP contribution is -2.06. The second-order valence-corrected chi connectivity index (χ2v) is 5.82. The Morgan fingerprint density at radius 3 is 2.48 bits per heavy atom. The molecule has 0 fully saturated rings. The predicted octanol–water partition coefficient (Wildman–Crippen LogP) is 4.12. The quantitative estimate of drug-likeness (QED) is 0.497. The van der Waals surface area contributed by atoms with E-state index in [1.54, 1.807) is 6.20 Å². The third kappa shape index (κ3) is 1.62. The summed E-state index contributed by atoms with van der Waals surface area (Å²) in [5, 5.41) is 14.4. The van der Waals surface area contributed by atoms with Crippen molar-refractivity contribution in [1.29, 1.82) is 0 Å². The van der Waals surface area contributed by atoms with Crippen LogP contribution in [-0.4, -0.2) is 9.49 Å². The van der Waals surface area contributed by atoms with Gasteiger partial charge in [-0.05, 0) is 47.6 Å². The van der Waals surface area contributed by atoms with Gasteiger partial charge in [-0.15, -0.1) is 0 Å². The zero-order valence-electron chi connectivity index (χ0n) is 11.9. The van der Waals surface area contributed by atoms with E-state index in [9.17, 15) is 10.1 Å². The molecule has 0 saturated heterocycles. The van der Waals surface area contributed by atoms with Crippen molar-refractivity contribution in [1.82, 2.24) is 4.57 Å². The highest BCUT2D eigenvalue weighted by Crippen LogP contribution is 2.41. The Labute approximate surface area is 122 Å². The molecule has 2 aromatic carbocycles. The van der Waals surface area contributed by atoms with Gasteiger partial charge in [-0.3, -0.25) is 10.1 Å². The summed E-state index contributed by atoms with van der Waals surface area (Å²) >= 11 is 0. The largest absolute Gasteiger partial charge is 0.344 e. The third-order valence-corrected chi connectivity index (χ3v) is 4.63. The van der Waals surface area contributed by atoms with Gasteiger partial charge in [-0.1, -0.05) is 24.3 Å². The Morgan fingerprint density at radius 2 is 1.76 bits per heavy atom. The molecule has 4 rings (SSSR count). The first-order valence-corrected chi connectivity index (χ1v) is 7.34. The van der Waals surface area contributed by atoms with Crippen molar-refractivity contribution in [3.05, 3.63) is 51.7 Å². The molecule has 0 spiro atoms. The van der Waals surface area contributed by atoms with Crippen LogP contribution in [0.25, 0.3) is 21.7 Å². The van der Waals surface area contributed by atoms with Crippen molar-refractivity contribution in [2.75, 3.05) is 0 Å². The molecule has 0 radical (unpaired) electrons. The number of benzene rings is 2. The maximum Gasteiger partial charge on any atom is 0.295 e. The summed E-state index contributed by atoms with van der Waals surface area (Å²) in [7, 11) is 1.92. The summed E-state index contributed by atoms with van der Waals surface area (Å²) in [5.74, 6) is 0. The fraction of sp³-hybridized carbons (Fsp3) is 0.294. The molecular formula is C17H16N2O2. The van der Waals surface area contributed by atoms with Crippen LogP contribution in [0, 0.1) is 10.1 Å². The molecule has 1 aliphatic carbocycles. The molecule has 0 saturated carbocycles. The first kappa shape index (κ1) is 12.4. The number of aromatic nitrogens is 1. The standard InChI is InChI=1S/C17H16N2O2/c1-18-10-15(19(20)21)16-13-8-4-2-6-11(13)12-7-3-5-9-14(12)17(16)18/h2,4,6,8,10H,3,5,7,9H2,1H3. The molecule has 4 nitrogen and oxygen atoms in total. The maximum absolute atomic E-state index is 11.4. The van der Waals surface area contributed by atoms with Gasteiger partial charge < -0.3 is 4.57 Å². The van der Waals surface area contributed by atoms with Crippen LogP contribution in [0.3, 0.4) is 0 Å². The molecule has 0 aliphatic heterocycles. The summed E-state index contributed by atoms with van der Waals surface area (Å²) in [6, 6.07) is 8.11. The zero-order chi connectivity index (χ0) is 14.6. The highest BCUT2D eigenvalue weighted by molar-refractivity contribution is 6.14. The summed E-state index contributed by atoms with van der Waals surface area (Å²) in [5.41, 5.74) is 3.97. The van der Waals surface area contributed by atoms with Crippen LogP contribution < -0.4 is 0 Å². The number of rotatable bonds is 1. The van der Waals surface area contributed by atoms with Crippen molar-refractivity contribution in [2.45, 2.75) is 25.7 Å². The Morgan fingerprint density at radius 1 is 1.10 bits per heavy atom. The van der Waals surface area contributed by atoms with E-state index in [0.29, 0.717) is 0 Å². The topological polar surface area (TPSA) is 48.1 Å². The molecule has 4 heteroatoms. The molecular weight excluding hydrogens is 264 g/mol. The van der Waals surface area contributed by atoms with Crippen molar-refractivity contribution in [2.24, 2.45) is 7.05 Å². The van der Waals surface area contributed by atoms with Gasteiger partial charge in [-0.25, -0.2) is 0 Å². The van der Waals surface area contributed by atoms with Gasteiger partial charge in [0.25, 0.3) is 5.69 Å². The zero-order valence-corrected chi connectivity index (χ0v) is 11.9. The number of fused-ring (bicyclic) bond motifs is 6. The first-order valence-electron chi connectivity index (χ1n) is 7.34. The summed E-state index contributed by atoms with van der Waals surface area (Å²) in [6.07, 6.45) is 6.12. The minimum atomic E-state index is -0.260. The van der Waals surface area contributed by atoms with Gasteiger partial charge in [0.1, 0.15) is 0 Å². The average Bonchev–Trinajstić information content (AvgIpc) is 2.86. The molecule has 0 atom stereocenters. The third-order valence-electron chi connectivity index (χ3n) is 4.63. The number of hydrogen-bond donors (Lipinski definition) is 0. The molecule has 0 unspecified atom stereocenters. The highest BCUT2D eigenvalue weighted by atomic mass is 16.6. The van der Waals surface area contributed by atoms with Gasteiger partial charge in [0.05, 0.1) is 22.0 Å². The van der Waals surface area contributed by atoms with E-state index >= 15 is 0 Å². The lowest BCUT2D eigenvalue weighted by Gasteiger charge is -2.20. The Balaban J connectivity index is 2.30. The number of hydrogen-bond acceptors (Lipinski definition) is 2.